The number of benzene rings is 2. The molecule has 9 heteroatoms. The SMILES string of the molecule is Cc1ccc(-c2noc(CSc3nnc(-c4ccc(Cl)cc4)n3N)n2)cc1. The van der Waals surface area contributed by atoms with Crippen molar-refractivity contribution < 1.29 is 4.52 Å². The fourth-order valence-electron chi connectivity index (χ4n) is 2.43. The molecule has 0 amide bonds. The minimum absolute atomic E-state index is 0.439. The van der Waals surface area contributed by atoms with Gasteiger partial charge in [-0.25, -0.2) is 4.68 Å². The normalized spacial score (nSPS) is 11.0. The third kappa shape index (κ3) is 3.81. The zero-order chi connectivity index (χ0) is 18.8. The first-order valence-corrected chi connectivity index (χ1v) is 9.45. The maximum atomic E-state index is 6.12. The maximum Gasteiger partial charge on any atom is 0.237 e. The molecular weight excluding hydrogens is 384 g/mol. The number of rotatable bonds is 5. The Morgan fingerprint density at radius 3 is 2.48 bits per heavy atom. The molecule has 7 nitrogen and oxygen atoms in total. The zero-order valence-electron chi connectivity index (χ0n) is 14.3. The minimum Gasteiger partial charge on any atom is -0.338 e. The van der Waals surface area contributed by atoms with Gasteiger partial charge in [0.2, 0.25) is 16.9 Å². The van der Waals surface area contributed by atoms with Crippen molar-refractivity contribution in [2.45, 2.75) is 17.8 Å². The van der Waals surface area contributed by atoms with Gasteiger partial charge in [0.1, 0.15) is 0 Å². The van der Waals surface area contributed by atoms with Crippen LogP contribution >= 0.6 is 23.4 Å². The third-order valence-corrected chi connectivity index (χ3v) is 5.05. The Morgan fingerprint density at radius 2 is 1.74 bits per heavy atom. The molecule has 0 bridgehead atoms. The lowest BCUT2D eigenvalue weighted by Crippen LogP contribution is -2.11. The number of nitrogens with zero attached hydrogens (tertiary/aromatic N) is 5. The van der Waals surface area contributed by atoms with Crippen LogP contribution in [0.1, 0.15) is 11.5 Å². The van der Waals surface area contributed by atoms with Crippen molar-refractivity contribution in [1.29, 1.82) is 0 Å². The summed E-state index contributed by atoms with van der Waals surface area (Å²) >= 11 is 7.29. The van der Waals surface area contributed by atoms with Gasteiger partial charge in [-0.05, 0) is 31.2 Å². The topological polar surface area (TPSA) is 95.7 Å². The first kappa shape index (κ1) is 17.6. The van der Waals surface area contributed by atoms with Crippen molar-refractivity contribution in [3.63, 3.8) is 0 Å². The first-order chi connectivity index (χ1) is 13.1. The van der Waals surface area contributed by atoms with Crippen molar-refractivity contribution in [2.75, 3.05) is 5.84 Å². The summed E-state index contributed by atoms with van der Waals surface area (Å²) in [4.78, 5) is 4.42. The smallest absolute Gasteiger partial charge is 0.237 e. The second-order valence-corrected chi connectivity index (χ2v) is 7.23. The van der Waals surface area contributed by atoms with Crippen LogP contribution in [-0.4, -0.2) is 25.0 Å². The number of nitrogens with two attached hydrogens (primary N) is 1. The molecule has 4 rings (SSSR count). The van der Waals surface area contributed by atoms with Gasteiger partial charge in [-0.1, -0.05) is 58.3 Å². The van der Waals surface area contributed by atoms with Crippen LogP contribution < -0.4 is 5.84 Å². The summed E-state index contributed by atoms with van der Waals surface area (Å²) in [5.41, 5.74) is 2.92. The molecule has 2 heterocycles. The summed E-state index contributed by atoms with van der Waals surface area (Å²) in [6.45, 7) is 2.03. The Kier molecular flexibility index (Phi) is 4.83. The van der Waals surface area contributed by atoms with Gasteiger partial charge in [0.25, 0.3) is 0 Å². The highest BCUT2D eigenvalue weighted by Gasteiger charge is 2.15. The molecule has 0 spiro atoms. The summed E-state index contributed by atoms with van der Waals surface area (Å²) in [5.74, 6) is 8.16. The fourth-order valence-corrected chi connectivity index (χ4v) is 3.25. The first-order valence-electron chi connectivity index (χ1n) is 8.09. The summed E-state index contributed by atoms with van der Waals surface area (Å²) < 4.78 is 6.76. The summed E-state index contributed by atoms with van der Waals surface area (Å²) in [5, 5.41) is 13.5. The van der Waals surface area contributed by atoms with Crippen LogP contribution in [0.3, 0.4) is 0 Å². The molecule has 0 fully saturated rings. The summed E-state index contributed by atoms with van der Waals surface area (Å²) in [7, 11) is 0. The van der Waals surface area contributed by atoms with Gasteiger partial charge in [-0.15, -0.1) is 10.2 Å². The zero-order valence-corrected chi connectivity index (χ0v) is 15.9. The van der Waals surface area contributed by atoms with E-state index >= 15 is 0 Å². The number of hydrogen-bond donors (Lipinski definition) is 1. The van der Waals surface area contributed by atoms with E-state index in [2.05, 4.69) is 20.3 Å². The Bertz CT molecular complexity index is 1060. The van der Waals surface area contributed by atoms with E-state index in [0.29, 0.717) is 33.5 Å². The second-order valence-electron chi connectivity index (χ2n) is 5.85. The highest BCUT2D eigenvalue weighted by molar-refractivity contribution is 7.98. The maximum absolute atomic E-state index is 6.12. The quantitative estimate of drug-likeness (QED) is 0.401. The predicted molar refractivity (Wildman–Crippen MR) is 105 cm³/mol. The van der Waals surface area contributed by atoms with Crippen molar-refractivity contribution in [3.05, 3.63) is 65.0 Å². The van der Waals surface area contributed by atoms with E-state index in [-0.39, 0.29) is 0 Å². The third-order valence-electron chi connectivity index (χ3n) is 3.87. The van der Waals surface area contributed by atoms with Crippen molar-refractivity contribution in [1.82, 2.24) is 25.0 Å². The molecule has 0 unspecified atom stereocenters. The van der Waals surface area contributed by atoms with E-state index in [0.717, 1.165) is 11.1 Å². The Labute approximate surface area is 164 Å². The number of aryl methyl sites for hydroxylation is 1. The molecule has 0 saturated carbocycles. The fraction of sp³-hybridized carbons (Fsp3) is 0.111. The van der Waals surface area contributed by atoms with Gasteiger partial charge in [0.05, 0.1) is 5.75 Å². The Hall–Kier alpha value is -2.84. The van der Waals surface area contributed by atoms with E-state index in [1.807, 2.05) is 43.3 Å². The molecule has 0 aliphatic rings. The molecule has 0 aliphatic carbocycles. The molecule has 0 radical (unpaired) electrons. The molecule has 0 aliphatic heterocycles. The van der Waals surface area contributed by atoms with Gasteiger partial charge in [-0.2, -0.15) is 4.98 Å². The lowest BCUT2D eigenvalue weighted by molar-refractivity contribution is 0.391. The van der Waals surface area contributed by atoms with Crippen molar-refractivity contribution in [2.24, 2.45) is 0 Å². The van der Waals surface area contributed by atoms with Gasteiger partial charge in [0, 0.05) is 16.1 Å². The van der Waals surface area contributed by atoms with Crippen LogP contribution in [0.4, 0.5) is 0 Å². The van der Waals surface area contributed by atoms with E-state index in [9.17, 15) is 0 Å². The highest BCUT2D eigenvalue weighted by Crippen LogP contribution is 2.25. The highest BCUT2D eigenvalue weighted by atomic mass is 35.5. The Morgan fingerprint density at radius 1 is 1.04 bits per heavy atom. The van der Waals surface area contributed by atoms with Crippen LogP contribution in [0.15, 0.2) is 58.2 Å². The van der Waals surface area contributed by atoms with Gasteiger partial charge in [-0.3, -0.25) is 0 Å². The number of hydrogen-bond acceptors (Lipinski definition) is 7. The molecule has 136 valence electrons. The van der Waals surface area contributed by atoms with Crippen LogP contribution in [0.25, 0.3) is 22.8 Å². The molecule has 0 saturated heterocycles. The standard InChI is InChI=1S/C18H15ClN6OS/c1-11-2-4-12(5-3-11)16-21-15(26-24-16)10-27-18-23-22-17(25(18)20)13-6-8-14(19)9-7-13/h2-9H,10,20H2,1H3. The number of aromatic nitrogens is 5. The monoisotopic (exact) mass is 398 g/mol. The van der Waals surface area contributed by atoms with Crippen molar-refractivity contribution in [3.8, 4) is 22.8 Å². The van der Waals surface area contributed by atoms with E-state index in [1.165, 1.54) is 22.0 Å². The largest absolute Gasteiger partial charge is 0.338 e. The molecule has 2 N–H and O–H groups in total. The number of halogens is 1. The van der Waals surface area contributed by atoms with Gasteiger partial charge in [0.15, 0.2) is 5.82 Å². The summed E-state index contributed by atoms with van der Waals surface area (Å²) in [6.07, 6.45) is 0. The predicted octanol–water partition coefficient (Wildman–Crippen LogP) is 3.96. The lowest BCUT2D eigenvalue weighted by Gasteiger charge is -2.02. The molecular formula is C18H15ClN6OS. The van der Waals surface area contributed by atoms with E-state index in [1.54, 1.807) is 12.1 Å². The molecule has 2 aromatic carbocycles. The van der Waals surface area contributed by atoms with Crippen LogP contribution in [0, 0.1) is 6.92 Å². The van der Waals surface area contributed by atoms with E-state index < -0.39 is 0 Å². The van der Waals surface area contributed by atoms with Gasteiger partial charge >= 0.3 is 0 Å². The Balaban J connectivity index is 1.46. The lowest BCUT2D eigenvalue weighted by atomic mass is 10.1. The van der Waals surface area contributed by atoms with Crippen molar-refractivity contribution >= 4 is 23.4 Å². The van der Waals surface area contributed by atoms with Crippen LogP contribution in [-0.2, 0) is 5.75 Å². The average molecular weight is 399 g/mol. The molecule has 0 atom stereocenters. The minimum atomic E-state index is 0.439. The number of nitrogen functional groups attached to an aromatic ring is 1. The van der Waals surface area contributed by atoms with Crippen LogP contribution in [0.2, 0.25) is 5.02 Å². The second kappa shape index (κ2) is 7.42. The average Bonchev–Trinajstić information content (AvgIpc) is 3.28. The number of thioether (sulfide) groups is 1. The molecule has 2 aromatic heterocycles. The van der Waals surface area contributed by atoms with Gasteiger partial charge < -0.3 is 10.4 Å². The molecule has 27 heavy (non-hydrogen) atoms. The van der Waals surface area contributed by atoms with E-state index in [4.69, 9.17) is 22.0 Å². The molecule has 4 aromatic rings. The van der Waals surface area contributed by atoms with Crippen LogP contribution in [0.5, 0.6) is 0 Å². The summed E-state index contributed by atoms with van der Waals surface area (Å²) in [6, 6.07) is 15.2.